The molecular weight excluding hydrogens is 845 g/mol. The van der Waals surface area contributed by atoms with Crippen LogP contribution in [0, 0.1) is 5.41 Å². The molecule has 3 saturated heterocycles. The fraction of sp³-hybridized carbons (Fsp3) is 0.634. The molecule has 1 saturated carbocycles. The monoisotopic (exact) mass is 899 g/mol. The number of likely N-dealkylation sites (tertiary alicyclic amines) is 3. The molecule has 12 heteroatoms. The van der Waals surface area contributed by atoms with Crippen molar-refractivity contribution in [2.24, 2.45) is 5.41 Å². The molecule has 294 valence electrons. The van der Waals surface area contributed by atoms with E-state index in [1.807, 2.05) is 63.5 Å². The van der Waals surface area contributed by atoms with E-state index in [4.69, 9.17) is 32.7 Å². The average molecular weight is 903 g/mol. The maximum absolute atomic E-state index is 12.3. The van der Waals surface area contributed by atoms with Crippen LogP contribution in [0.15, 0.2) is 45.3 Å². The SMILES string of the molecule is CC(C)(C)OC(=O)N1CCC2(CCCC2)CC1.CC(C)(C)OC(=O)N1CCC2(CCCN2Cc2cccc(Cl)c2Br)CC1.O=Cc1cccc(Cl)c1Br. The van der Waals surface area contributed by atoms with Crippen molar-refractivity contribution >= 4 is 73.5 Å². The third kappa shape index (κ3) is 12.6. The van der Waals surface area contributed by atoms with E-state index in [-0.39, 0.29) is 23.3 Å². The zero-order valence-electron chi connectivity index (χ0n) is 32.2. The predicted molar refractivity (Wildman–Crippen MR) is 221 cm³/mol. The third-order valence-corrected chi connectivity index (χ3v) is 13.6. The first-order valence-corrected chi connectivity index (χ1v) is 21.2. The van der Waals surface area contributed by atoms with Crippen LogP contribution in [0.1, 0.15) is 122 Å². The van der Waals surface area contributed by atoms with Crippen molar-refractivity contribution in [1.82, 2.24) is 14.7 Å². The molecule has 2 amide bonds. The molecule has 4 fully saturated rings. The molecule has 8 nitrogen and oxygen atoms in total. The molecule has 0 bridgehead atoms. The second-order valence-corrected chi connectivity index (χ2v) is 19.3. The Morgan fingerprint density at radius 3 is 1.68 bits per heavy atom. The largest absolute Gasteiger partial charge is 0.444 e. The zero-order valence-corrected chi connectivity index (χ0v) is 36.9. The summed E-state index contributed by atoms with van der Waals surface area (Å²) < 4.78 is 12.6. The van der Waals surface area contributed by atoms with Crippen LogP contribution in [0.5, 0.6) is 0 Å². The highest BCUT2D eigenvalue weighted by atomic mass is 79.9. The van der Waals surface area contributed by atoms with Crippen LogP contribution >= 0.6 is 55.1 Å². The van der Waals surface area contributed by atoms with Gasteiger partial charge < -0.3 is 19.3 Å². The van der Waals surface area contributed by atoms with Gasteiger partial charge in [-0.3, -0.25) is 9.69 Å². The van der Waals surface area contributed by atoms with Crippen LogP contribution in [0.3, 0.4) is 0 Å². The summed E-state index contributed by atoms with van der Waals surface area (Å²) in [4.78, 5) is 40.9. The van der Waals surface area contributed by atoms with Crippen LogP contribution in [0.25, 0.3) is 0 Å². The highest BCUT2D eigenvalue weighted by molar-refractivity contribution is 9.11. The lowest BCUT2D eigenvalue weighted by atomic mass is 9.77. The Balaban J connectivity index is 0.000000198. The standard InChI is InChI=1S/C20H28BrClN2O2.C14H25NO2.C7H4BrClO/c1-19(2,3)26-18(25)23-12-9-20(10-13-23)8-5-11-24(20)14-15-6-4-7-16(22)17(15)21;1-13(2,3)17-12(16)15-10-8-14(9-11-15)6-4-5-7-14;8-7-5(4-10)2-1-3-6(7)9/h4,6-7H,5,8-14H2,1-3H3;4-11H2,1-3H3;1-4H. The molecule has 0 unspecified atom stereocenters. The van der Waals surface area contributed by atoms with Crippen molar-refractivity contribution in [3.05, 3.63) is 66.5 Å². The summed E-state index contributed by atoms with van der Waals surface area (Å²) in [6.45, 7) is 16.8. The van der Waals surface area contributed by atoms with Crippen molar-refractivity contribution in [2.75, 3.05) is 32.7 Å². The molecule has 0 N–H and O–H groups in total. The van der Waals surface area contributed by atoms with Gasteiger partial charge in [0, 0.05) is 52.8 Å². The molecule has 1 aliphatic carbocycles. The Labute approximate surface area is 343 Å². The molecule has 2 spiro atoms. The minimum absolute atomic E-state index is 0.134. The maximum Gasteiger partial charge on any atom is 0.410 e. The van der Waals surface area contributed by atoms with Gasteiger partial charge in [-0.15, -0.1) is 0 Å². The molecule has 2 aromatic rings. The van der Waals surface area contributed by atoms with E-state index in [0.717, 1.165) is 67.9 Å². The van der Waals surface area contributed by atoms with Gasteiger partial charge in [-0.2, -0.15) is 0 Å². The smallest absolute Gasteiger partial charge is 0.410 e. The van der Waals surface area contributed by atoms with Crippen LogP contribution in [0.4, 0.5) is 9.59 Å². The van der Waals surface area contributed by atoms with Crippen molar-refractivity contribution in [3.63, 3.8) is 0 Å². The number of aldehydes is 1. The summed E-state index contributed by atoms with van der Waals surface area (Å²) in [5.74, 6) is 0. The van der Waals surface area contributed by atoms with Gasteiger partial charge in [0.05, 0.1) is 10.0 Å². The number of rotatable bonds is 3. The van der Waals surface area contributed by atoms with E-state index in [0.29, 0.717) is 20.5 Å². The normalized spacial score (nSPS) is 19.6. The minimum Gasteiger partial charge on any atom is -0.444 e. The number of halogens is 4. The zero-order chi connectivity index (χ0) is 39.0. The number of benzene rings is 2. The fourth-order valence-electron chi connectivity index (χ4n) is 7.84. The molecule has 0 aromatic heterocycles. The first kappa shape index (κ1) is 43.9. The number of piperidine rings is 2. The topological polar surface area (TPSA) is 79.4 Å². The molecule has 4 aliphatic rings. The van der Waals surface area contributed by atoms with Gasteiger partial charge >= 0.3 is 12.2 Å². The number of hydrogen-bond donors (Lipinski definition) is 0. The summed E-state index contributed by atoms with van der Waals surface area (Å²) in [6, 6.07) is 11.2. The number of hydrogen-bond acceptors (Lipinski definition) is 6. The Kier molecular flexibility index (Phi) is 15.6. The van der Waals surface area contributed by atoms with E-state index in [1.54, 1.807) is 18.2 Å². The molecule has 0 radical (unpaired) electrons. The van der Waals surface area contributed by atoms with Gasteiger partial charge in [0.2, 0.25) is 0 Å². The lowest BCUT2D eigenvalue weighted by Crippen LogP contribution is -2.53. The number of amides is 2. The average Bonchev–Trinajstić information content (AvgIpc) is 3.70. The van der Waals surface area contributed by atoms with Crippen molar-refractivity contribution in [1.29, 1.82) is 0 Å². The van der Waals surface area contributed by atoms with Gasteiger partial charge in [-0.05, 0) is 154 Å². The van der Waals surface area contributed by atoms with Gasteiger partial charge in [-0.1, -0.05) is 60.3 Å². The van der Waals surface area contributed by atoms with E-state index in [9.17, 15) is 14.4 Å². The number of ether oxygens (including phenoxy) is 2. The number of carbonyl (C=O) groups excluding carboxylic acids is 3. The van der Waals surface area contributed by atoms with E-state index >= 15 is 0 Å². The third-order valence-electron chi connectivity index (χ3n) is 10.7. The minimum atomic E-state index is -0.440. The molecule has 3 aliphatic heterocycles. The van der Waals surface area contributed by atoms with Crippen LogP contribution in [-0.4, -0.2) is 82.6 Å². The molecule has 53 heavy (non-hydrogen) atoms. The first-order chi connectivity index (χ1) is 24.9. The van der Waals surface area contributed by atoms with Crippen molar-refractivity contribution in [2.45, 2.75) is 129 Å². The van der Waals surface area contributed by atoms with Gasteiger partial charge in [0.15, 0.2) is 6.29 Å². The summed E-state index contributed by atoms with van der Waals surface area (Å²) >= 11 is 18.8. The van der Waals surface area contributed by atoms with Gasteiger partial charge in [0.1, 0.15) is 11.2 Å². The summed E-state index contributed by atoms with van der Waals surface area (Å²) in [5.41, 5.74) is 1.75. The molecule has 3 heterocycles. The van der Waals surface area contributed by atoms with Gasteiger partial charge in [-0.25, -0.2) is 9.59 Å². The Hall–Kier alpha value is -1.85. The Morgan fingerprint density at radius 1 is 0.698 bits per heavy atom. The maximum atomic E-state index is 12.3. The Morgan fingerprint density at radius 2 is 1.19 bits per heavy atom. The number of nitrogens with zero attached hydrogens (tertiary/aromatic N) is 3. The second-order valence-electron chi connectivity index (χ2n) is 16.9. The second kappa shape index (κ2) is 18.9. The van der Waals surface area contributed by atoms with Gasteiger partial charge in [0.25, 0.3) is 0 Å². The molecule has 6 rings (SSSR count). The summed E-state index contributed by atoms with van der Waals surface area (Å²) in [6.07, 6.45) is 12.7. The van der Waals surface area contributed by atoms with Crippen LogP contribution in [-0.2, 0) is 16.0 Å². The molecular formula is C41H57Br2Cl2N3O5. The fourth-order valence-corrected chi connectivity index (χ4v) is 8.97. The Bertz CT molecular complexity index is 1550. The lowest BCUT2D eigenvalue weighted by Gasteiger charge is -2.45. The highest BCUT2D eigenvalue weighted by Gasteiger charge is 2.44. The van der Waals surface area contributed by atoms with E-state index in [2.05, 4.69) is 42.8 Å². The van der Waals surface area contributed by atoms with Crippen LogP contribution < -0.4 is 0 Å². The summed E-state index contributed by atoms with van der Waals surface area (Å²) in [5, 5.41) is 1.32. The lowest BCUT2D eigenvalue weighted by molar-refractivity contribution is 0.00150. The predicted octanol–water partition coefficient (Wildman–Crippen LogP) is 12.0. The molecule has 2 aromatic carbocycles. The van der Waals surface area contributed by atoms with E-state index in [1.165, 1.54) is 56.9 Å². The van der Waals surface area contributed by atoms with E-state index < -0.39 is 5.60 Å². The van der Waals surface area contributed by atoms with Crippen LogP contribution in [0.2, 0.25) is 10.0 Å². The molecule has 0 atom stereocenters. The van der Waals surface area contributed by atoms with Crippen molar-refractivity contribution in [3.8, 4) is 0 Å². The summed E-state index contributed by atoms with van der Waals surface area (Å²) in [7, 11) is 0. The highest BCUT2D eigenvalue weighted by Crippen LogP contribution is 2.46. The number of carbonyl (C=O) groups is 3. The quantitative estimate of drug-likeness (QED) is 0.286. The first-order valence-electron chi connectivity index (χ1n) is 18.9. The van der Waals surface area contributed by atoms with Crippen molar-refractivity contribution < 1.29 is 23.9 Å².